The molecule has 0 saturated carbocycles. The molecule has 0 radical (unpaired) electrons. The maximum atomic E-state index is 14.5. The Kier molecular flexibility index (Phi) is 5.20. The molecular weight excluding hydrogens is 359 g/mol. The molecule has 1 atom stereocenters. The van der Waals surface area contributed by atoms with E-state index < -0.39 is 17.8 Å². The molecule has 0 saturated heterocycles. The van der Waals surface area contributed by atoms with Crippen LogP contribution in [0.15, 0.2) is 48.8 Å². The predicted octanol–water partition coefficient (Wildman–Crippen LogP) is 3.52. The molecule has 1 aromatic heterocycles. The third kappa shape index (κ3) is 3.68. The third-order valence-corrected chi connectivity index (χ3v) is 4.12. The fourth-order valence-electron chi connectivity index (χ4n) is 2.47. The number of methoxy groups -OCH3 is 1. The normalized spacial score (nSPS) is 11.8. The molecule has 0 fully saturated rings. The number of hydrogen-bond acceptors (Lipinski definition) is 4. The van der Waals surface area contributed by atoms with Gasteiger partial charge in [0, 0.05) is 28.4 Å². The van der Waals surface area contributed by atoms with Crippen molar-refractivity contribution in [2.24, 2.45) is 5.73 Å². The number of amides is 1. The van der Waals surface area contributed by atoms with Crippen molar-refractivity contribution in [3.8, 4) is 16.9 Å². The van der Waals surface area contributed by atoms with Crippen LogP contribution >= 0.6 is 11.6 Å². The van der Waals surface area contributed by atoms with Crippen molar-refractivity contribution in [1.29, 1.82) is 0 Å². The Morgan fingerprint density at radius 1 is 1.35 bits per heavy atom. The van der Waals surface area contributed by atoms with Gasteiger partial charge in [-0.2, -0.15) is 5.10 Å². The van der Waals surface area contributed by atoms with E-state index in [1.165, 1.54) is 25.4 Å². The van der Waals surface area contributed by atoms with Gasteiger partial charge in [-0.3, -0.25) is 9.89 Å². The van der Waals surface area contributed by atoms with Crippen molar-refractivity contribution < 1.29 is 13.9 Å². The Morgan fingerprint density at radius 3 is 2.69 bits per heavy atom. The Morgan fingerprint density at radius 2 is 2.08 bits per heavy atom. The zero-order chi connectivity index (χ0) is 18.7. The van der Waals surface area contributed by atoms with Crippen LogP contribution in [0.4, 0.5) is 10.1 Å². The van der Waals surface area contributed by atoms with Gasteiger partial charge >= 0.3 is 0 Å². The van der Waals surface area contributed by atoms with Gasteiger partial charge in [0.2, 0.25) is 5.91 Å². The van der Waals surface area contributed by atoms with Crippen LogP contribution in [0.3, 0.4) is 0 Å². The minimum atomic E-state index is -0.936. The monoisotopic (exact) mass is 374 g/mol. The summed E-state index contributed by atoms with van der Waals surface area (Å²) in [7, 11) is 1.43. The topological polar surface area (TPSA) is 93.0 Å². The van der Waals surface area contributed by atoms with E-state index >= 15 is 0 Å². The number of anilines is 1. The number of rotatable bonds is 5. The van der Waals surface area contributed by atoms with Crippen molar-refractivity contribution in [3.05, 3.63) is 65.2 Å². The number of ether oxygens (including phenoxy) is 1. The highest BCUT2D eigenvalue weighted by atomic mass is 35.5. The molecule has 8 heteroatoms. The van der Waals surface area contributed by atoms with Gasteiger partial charge in [0.25, 0.3) is 0 Å². The Labute approximate surface area is 154 Å². The summed E-state index contributed by atoms with van der Waals surface area (Å²) in [6, 6.07) is 8.35. The van der Waals surface area contributed by atoms with Crippen LogP contribution in [0.2, 0.25) is 5.02 Å². The molecule has 6 nitrogen and oxygen atoms in total. The van der Waals surface area contributed by atoms with Crippen molar-refractivity contribution in [1.82, 2.24) is 10.2 Å². The van der Waals surface area contributed by atoms with E-state index in [4.69, 9.17) is 22.1 Å². The second-order valence-electron chi connectivity index (χ2n) is 5.54. The highest BCUT2D eigenvalue weighted by molar-refractivity contribution is 6.30. The van der Waals surface area contributed by atoms with E-state index in [-0.39, 0.29) is 5.69 Å². The number of benzene rings is 2. The van der Waals surface area contributed by atoms with Gasteiger partial charge in [-0.05, 0) is 23.8 Å². The number of carbonyl (C=O) groups is 1. The second kappa shape index (κ2) is 7.55. The molecule has 1 unspecified atom stereocenters. The first-order valence-corrected chi connectivity index (χ1v) is 8.06. The highest BCUT2D eigenvalue weighted by Crippen LogP contribution is 2.33. The largest absolute Gasteiger partial charge is 0.495 e. The van der Waals surface area contributed by atoms with Crippen molar-refractivity contribution in [2.75, 3.05) is 12.4 Å². The lowest BCUT2D eigenvalue weighted by molar-refractivity contribution is -0.117. The van der Waals surface area contributed by atoms with Crippen molar-refractivity contribution in [3.63, 3.8) is 0 Å². The minimum absolute atomic E-state index is 0.187. The second-order valence-corrected chi connectivity index (χ2v) is 5.97. The Hall–Kier alpha value is -2.90. The van der Waals surface area contributed by atoms with E-state index in [0.29, 0.717) is 27.5 Å². The smallest absolute Gasteiger partial charge is 0.245 e. The van der Waals surface area contributed by atoms with Crippen molar-refractivity contribution >= 4 is 23.2 Å². The summed E-state index contributed by atoms with van der Waals surface area (Å²) in [4.78, 5) is 12.4. The van der Waals surface area contributed by atoms with Gasteiger partial charge in [0.05, 0.1) is 19.0 Å². The number of halogens is 2. The summed E-state index contributed by atoms with van der Waals surface area (Å²) >= 11 is 5.83. The van der Waals surface area contributed by atoms with Crippen LogP contribution in [-0.2, 0) is 4.79 Å². The van der Waals surface area contributed by atoms with Gasteiger partial charge < -0.3 is 15.8 Å². The summed E-state index contributed by atoms with van der Waals surface area (Å²) < 4.78 is 19.7. The molecule has 26 heavy (non-hydrogen) atoms. The summed E-state index contributed by atoms with van der Waals surface area (Å²) in [5.41, 5.74) is 7.61. The Bertz CT molecular complexity index is 914. The molecule has 0 bridgehead atoms. The number of carbonyl (C=O) groups excluding carboxylic acids is 1. The van der Waals surface area contributed by atoms with Gasteiger partial charge in [0.1, 0.15) is 17.6 Å². The van der Waals surface area contributed by atoms with Gasteiger partial charge in [0.15, 0.2) is 0 Å². The number of hydrogen-bond donors (Lipinski definition) is 3. The molecule has 0 aliphatic heterocycles. The van der Waals surface area contributed by atoms with Crippen LogP contribution < -0.4 is 15.8 Å². The fraction of sp³-hybridized carbons (Fsp3) is 0.111. The number of nitrogens with zero attached hydrogens (tertiary/aromatic N) is 1. The van der Waals surface area contributed by atoms with E-state index in [0.717, 1.165) is 0 Å². The quantitative estimate of drug-likeness (QED) is 0.637. The maximum absolute atomic E-state index is 14.5. The fourth-order valence-corrected chi connectivity index (χ4v) is 2.60. The van der Waals surface area contributed by atoms with Crippen LogP contribution in [0.1, 0.15) is 11.6 Å². The van der Waals surface area contributed by atoms with Gasteiger partial charge in [-0.1, -0.05) is 23.7 Å². The molecule has 0 spiro atoms. The molecule has 0 aliphatic carbocycles. The first-order chi connectivity index (χ1) is 12.5. The van der Waals surface area contributed by atoms with Crippen LogP contribution in [0, 0.1) is 5.82 Å². The van der Waals surface area contributed by atoms with E-state index in [9.17, 15) is 9.18 Å². The molecule has 3 aromatic rings. The van der Waals surface area contributed by atoms with E-state index in [1.54, 1.807) is 30.5 Å². The van der Waals surface area contributed by atoms with Gasteiger partial charge in [-0.15, -0.1) is 0 Å². The summed E-state index contributed by atoms with van der Waals surface area (Å²) in [5.74, 6) is -0.720. The third-order valence-electron chi connectivity index (χ3n) is 3.87. The van der Waals surface area contributed by atoms with Crippen LogP contribution in [-0.4, -0.2) is 23.2 Å². The van der Waals surface area contributed by atoms with E-state index in [1.807, 2.05) is 0 Å². The maximum Gasteiger partial charge on any atom is 0.245 e. The summed E-state index contributed by atoms with van der Waals surface area (Å²) in [6.07, 6.45) is 3.05. The number of nitrogens with two attached hydrogens (primary N) is 1. The number of nitrogens with one attached hydrogen (secondary N) is 2. The molecule has 4 N–H and O–H groups in total. The summed E-state index contributed by atoms with van der Waals surface area (Å²) in [5, 5.41) is 9.57. The average Bonchev–Trinajstić information content (AvgIpc) is 3.16. The zero-order valence-electron chi connectivity index (χ0n) is 13.8. The number of aromatic nitrogens is 2. The highest BCUT2D eigenvalue weighted by Gasteiger charge is 2.19. The van der Waals surface area contributed by atoms with Crippen LogP contribution in [0.5, 0.6) is 5.75 Å². The molecule has 3 rings (SSSR count). The SMILES string of the molecule is COc1cc(-c2cn[nH]c2)c(F)cc1NC(=O)C(N)c1ccc(Cl)cc1. The average molecular weight is 375 g/mol. The minimum Gasteiger partial charge on any atom is -0.495 e. The number of H-pyrrole nitrogens is 1. The lowest BCUT2D eigenvalue weighted by Crippen LogP contribution is -2.27. The first kappa shape index (κ1) is 17.9. The molecule has 2 aromatic carbocycles. The lowest BCUT2D eigenvalue weighted by Gasteiger charge is -2.16. The molecule has 1 amide bonds. The summed E-state index contributed by atoms with van der Waals surface area (Å²) in [6.45, 7) is 0. The molecular formula is C18H16ClFN4O2. The predicted molar refractivity (Wildman–Crippen MR) is 97.5 cm³/mol. The molecule has 134 valence electrons. The standard InChI is InChI=1S/C18H16ClFN4O2/c1-26-16-6-13(11-8-22-23-9-11)14(20)7-15(16)24-18(25)17(21)10-2-4-12(19)5-3-10/h2-9,17H,21H2,1H3,(H,22,23)(H,24,25). The van der Waals surface area contributed by atoms with Crippen LogP contribution in [0.25, 0.3) is 11.1 Å². The van der Waals surface area contributed by atoms with Crippen molar-refractivity contribution in [2.45, 2.75) is 6.04 Å². The first-order valence-electron chi connectivity index (χ1n) is 7.68. The lowest BCUT2D eigenvalue weighted by atomic mass is 10.1. The zero-order valence-corrected chi connectivity index (χ0v) is 14.5. The van der Waals surface area contributed by atoms with E-state index in [2.05, 4.69) is 15.5 Å². The Balaban J connectivity index is 1.86. The van der Waals surface area contributed by atoms with Gasteiger partial charge in [-0.25, -0.2) is 4.39 Å². The number of aromatic amines is 1. The molecule has 1 heterocycles. The molecule has 0 aliphatic rings.